The first kappa shape index (κ1) is 11.9. The summed E-state index contributed by atoms with van der Waals surface area (Å²) in [6, 6.07) is 1.86. The van der Waals surface area contributed by atoms with Crippen LogP contribution in [0, 0.1) is 13.8 Å². The molecule has 0 aromatic carbocycles. The van der Waals surface area contributed by atoms with Crippen molar-refractivity contribution in [1.29, 1.82) is 0 Å². The maximum Gasteiger partial charge on any atom is 0.235 e. The average molecular weight is 271 g/mol. The lowest BCUT2D eigenvalue weighted by atomic mass is 10.4. The summed E-state index contributed by atoms with van der Waals surface area (Å²) in [5, 5.41) is 2.84. The summed E-state index contributed by atoms with van der Waals surface area (Å²) >= 11 is 11.3. The molecule has 0 atom stereocenters. The van der Waals surface area contributed by atoms with Crippen LogP contribution in [0.1, 0.15) is 11.4 Å². The van der Waals surface area contributed by atoms with Crippen LogP contribution in [-0.4, -0.2) is 24.9 Å². The topological polar surface area (TPSA) is 76.5 Å². The molecule has 1 N–H and O–H groups in total. The van der Waals surface area contributed by atoms with E-state index < -0.39 is 0 Å². The van der Waals surface area contributed by atoms with Gasteiger partial charge in [-0.15, -0.1) is 0 Å². The highest BCUT2D eigenvalue weighted by molar-refractivity contribution is 6.31. The van der Waals surface area contributed by atoms with E-state index >= 15 is 0 Å². The molecule has 2 aromatic rings. The minimum absolute atomic E-state index is 0.0110. The Morgan fingerprint density at radius 1 is 0.824 bits per heavy atom. The van der Waals surface area contributed by atoms with Gasteiger partial charge in [-0.3, -0.25) is 5.32 Å². The number of aryl methyl sites for hydroxylation is 2. The van der Waals surface area contributed by atoms with Gasteiger partial charge in [0, 0.05) is 11.4 Å². The summed E-state index contributed by atoms with van der Waals surface area (Å²) in [6.45, 7) is 3.74. The fourth-order valence-corrected chi connectivity index (χ4v) is 1.63. The Bertz CT molecular complexity index is 469. The number of aromatic nitrogens is 5. The molecule has 2 rings (SSSR count). The van der Waals surface area contributed by atoms with Crippen LogP contribution in [0.5, 0.6) is 0 Å². The van der Waals surface area contributed by atoms with Gasteiger partial charge in [-0.05, 0) is 43.1 Å². The molecule has 0 spiro atoms. The van der Waals surface area contributed by atoms with Gasteiger partial charge < -0.3 is 0 Å². The van der Waals surface area contributed by atoms with Crippen molar-refractivity contribution in [3.63, 3.8) is 0 Å². The molecule has 88 valence electrons. The lowest BCUT2D eigenvalue weighted by Crippen LogP contribution is -2.04. The summed E-state index contributed by atoms with van der Waals surface area (Å²) < 4.78 is 0. The molecule has 0 saturated carbocycles. The maximum atomic E-state index is 5.65. The van der Waals surface area contributed by atoms with Crippen LogP contribution in [0.3, 0.4) is 0 Å². The zero-order valence-electron chi connectivity index (χ0n) is 9.07. The fourth-order valence-electron chi connectivity index (χ4n) is 1.26. The quantitative estimate of drug-likeness (QED) is 0.903. The minimum Gasteiger partial charge on any atom is -0.292 e. The lowest BCUT2D eigenvalue weighted by molar-refractivity contribution is 1.01. The summed E-state index contributed by atoms with van der Waals surface area (Å²) in [5.41, 5.74) is 1.68. The van der Waals surface area contributed by atoms with Crippen molar-refractivity contribution in [3.05, 3.63) is 28.0 Å². The fraction of sp³-hybridized carbons (Fsp3) is 0.222. The van der Waals surface area contributed by atoms with Gasteiger partial charge in [0.15, 0.2) is 0 Å². The smallest absolute Gasteiger partial charge is 0.235 e. The molecular weight excluding hydrogens is 263 g/mol. The molecule has 0 radical (unpaired) electrons. The largest absolute Gasteiger partial charge is 0.292 e. The van der Waals surface area contributed by atoms with Crippen molar-refractivity contribution in [3.8, 4) is 0 Å². The van der Waals surface area contributed by atoms with E-state index in [9.17, 15) is 0 Å². The molecule has 0 amide bonds. The molecule has 0 aliphatic carbocycles. The van der Waals surface area contributed by atoms with Crippen LogP contribution in [0.15, 0.2) is 6.07 Å². The molecule has 0 bridgehead atoms. The average Bonchev–Trinajstić information content (AvgIpc) is 2.13. The molecule has 2 heterocycles. The third-order valence-electron chi connectivity index (χ3n) is 1.79. The predicted octanol–water partition coefficient (Wildman–Crippen LogP) is 2.33. The van der Waals surface area contributed by atoms with Crippen molar-refractivity contribution < 1.29 is 0 Å². The number of nitrogens with zero attached hydrogens (tertiary/aromatic N) is 5. The number of halogens is 2. The van der Waals surface area contributed by atoms with Crippen molar-refractivity contribution in [2.45, 2.75) is 13.8 Å². The van der Waals surface area contributed by atoms with E-state index in [-0.39, 0.29) is 16.5 Å². The van der Waals surface area contributed by atoms with E-state index in [1.165, 1.54) is 0 Å². The van der Waals surface area contributed by atoms with Gasteiger partial charge in [-0.1, -0.05) is 0 Å². The van der Waals surface area contributed by atoms with Gasteiger partial charge in [-0.25, -0.2) is 9.97 Å². The summed E-state index contributed by atoms with van der Waals surface area (Å²) in [7, 11) is 0. The highest BCUT2D eigenvalue weighted by Crippen LogP contribution is 2.13. The molecule has 0 aliphatic rings. The Hall–Kier alpha value is -1.53. The Balaban J connectivity index is 2.31. The van der Waals surface area contributed by atoms with Crippen molar-refractivity contribution in [1.82, 2.24) is 24.9 Å². The second-order valence-corrected chi connectivity index (χ2v) is 3.97. The lowest BCUT2D eigenvalue weighted by Gasteiger charge is -2.05. The van der Waals surface area contributed by atoms with E-state index in [4.69, 9.17) is 23.2 Å². The second-order valence-electron chi connectivity index (χ2n) is 3.30. The van der Waals surface area contributed by atoms with E-state index in [0.717, 1.165) is 11.4 Å². The predicted molar refractivity (Wildman–Crippen MR) is 64.6 cm³/mol. The summed E-state index contributed by atoms with van der Waals surface area (Å²) in [5.74, 6) is 0.598. The zero-order chi connectivity index (χ0) is 12.4. The van der Waals surface area contributed by atoms with E-state index in [1.54, 1.807) is 0 Å². The molecular formula is C9H8Cl2N6. The molecule has 0 unspecified atom stereocenters. The Morgan fingerprint density at radius 3 is 1.82 bits per heavy atom. The standard InChI is InChI=1S/C9H8Cl2N6/c1-4-3-5(2)13-8(12-4)17-9-15-6(10)14-7(11)16-9/h3H,1-2H3,(H,12,13,14,15,16,17). The first-order chi connectivity index (χ1) is 8.02. The van der Waals surface area contributed by atoms with Crippen LogP contribution in [0.2, 0.25) is 10.6 Å². The molecule has 17 heavy (non-hydrogen) atoms. The number of hydrogen-bond acceptors (Lipinski definition) is 6. The zero-order valence-corrected chi connectivity index (χ0v) is 10.6. The van der Waals surface area contributed by atoms with Crippen molar-refractivity contribution >= 4 is 35.1 Å². The first-order valence-corrected chi connectivity index (χ1v) is 5.45. The van der Waals surface area contributed by atoms with Crippen molar-refractivity contribution in [2.24, 2.45) is 0 Å². The number of rotatable bonds is 2. The van der Waals surface area contributed by atoms with Crippen LogP contribution >= 0.6 is 23.2 Å². The van der Waals surface area contributed by atoms with Gasteiger partial charge >= 0.3 is 0 Å². The van der Waals surface area contributed by atoms with Crippen LogP contribution in [0.4, 0.5) is 11.9 Å². The van der Waals surface area contributed by atoms with Crippen molar-refractivity contribution in [2.75, 3.05) is 5.32 Å². The van der Waals surface area contributed by atoms with Gasteiger partial charge in [0.05, 0.1) is 0 Å². The highest BCUT2D eigenvalue weighted by Gasteiger charge is 2.05. The summed E-state index contributed by atoms with van der Waals surface area (Å²) in [4.78, 5) is 19.7. The van der Waals surface area contributed by atoms with Crippen LogP contribution in [0.25, 0.3) is 0 Å². The molecule has 0 saturated heterocycles. The molecule has 0 fully saturated rings. The molecule has 2 aromatic heterocycles. The maximum absolute atomic E-state index is 5.65. The van der Waals surface area contributed by atoms with E-state index in [0.29, 0.717) is 5.95 Å². The third-order valence-corrected chi connectivity index (χ3v) is 2.12. The van der Waals surface area contributed by atoms with E-state index in [2.05, 4.69) is 30.2 Å². The Morgan fingerprint density at radius 2 is 1.29 bits per heavy atom. The Labute approximate surface area is 107 Å². The molecule has 8 heteroatoms. The van der Waals surface area contributed by atoms with Gasteiger partial charge in [-0.2, -0.15) is 15.0 Å². The first-order valence-electron chi connectivity index (χ1n) is 4.69. The second kappa shape index (κ2) is 4.77. The number of nitrogens with one attached hydrogen (secondary N) is 1. The highest BCUT2D eigenvalue weighted by atomic mass is 35.5. The van der Waals surface area contributed by atoms with Gasteiger partial charge in [0.25, 0.3) is 0 Å². The normalized spacial score (nSPS) is 10.4. The van der Waals surface area contributed by atoms with Crippen LogP contribution < -0.4 is 5.32 Å². The van der Waals surface area contributed by atoms with Gasteiger partial charge in [0.2, 0.25) is 22.5 Å². The summed E-state index contributed by atoms with van der Waals surface area (Å²) in [6.07, 6.45) is 0. The molecule has 0 aliphatic heterocycles. The van der Waals surface area contributed by atoms with Gasteiger partial charge in [0.1, 0.15) is 0 Å². The van der Waals surface area contributed by atoms with Crippen LogP contribution in [-0.2, 0) is 0 Å². The minimum atomic E-state index is 0.0110. The number of anilines is 2. The number of hydrogen-bond donors (Lipinski definition) is 1. The monoisotopic (exact) mass is 270 g/mol. The van der Waals surface area contributed by atoms with E-state index in [1.807, 2.05) is 19.9 Å². The Kier molecular flexibility index (Phi) is 3.35. The SMILES string of the molecule is Cc1cc(C)nc(Nc2nc(Cl)nc(Cl)n2)n1. The third kappa shape index (κ3) is 3.21. The molecule has 6 nitrogen and oxygen atoms in total.